The van der Waals surface area contributed by atoms with Gasteiger partial charge in [-0.2, -0.15) is 0 Å². The third-order valence-electron chi connectivity index (χ3n) is 1.90. The highest BCUT2D eigenvalue weighted by molar-refractivity contribution is 5.75. The van der Waals surface area contributed by atoms with Crippen molar-refractivity contribution < 1.29 is 9.53 Å². The van der Waals surface area contributed by atoms with Crippen molar-refractivity contribution in [2.24, 2.45) is 5.73 Å². The fraction of sp³-hybridized carbons (Fsp3) is 0.700. The van der Waals surface area contributed by atoms with Crippen molar-refractivity contribution in [3.05, 3.63) is 12.2 Å². The molecule has 0 radical (unpaired) electrons. The zero-order chi connectivity index (χ0) is 10.8. The lowest BCUT2D eigenvalue weighted by atomic mass is 10.2. The van der Waals surface area contributed by atoms with Gasteiger partial charge in [-0.3, -0.25) is 4.79 Å². The molecular formula is C10H20N2O2. The first-order valence-corrected chi connectivity index (χ1v) is 4.85. The molecule has 4 heteroatoms. The summed E-state index contributed by atoms with van der Waals surface area (Å²) in [6.45, 7) is 3.01. The Morgan fingerprint density at radius 2 is 2.29 bits per heavy atom. The van der Waals surface area contributed by atoms with Gasteiger partial charge in [0.1, 0.15) is 0 Å². The Hall–Kier alpha value is -0.870. The molecule has 0 aromatic carbocycles. The summed E-state index contributed by atoms with van der Waals surface area (Å²) in [7, 11) is 1.65. The highest BCUT2D eigenvalue weighted by atomic mass is 16.5. The number of hydrogen-bond donors (Lipinski definition) is 2. The van der Waals surface area contributed by atoms with Crippen molar-refractivity contribution in [2.45, 2.75) is 25.9 Å². The van der Waals surface area contributed by atoms with Crippen LogP contribution in [0.2, 0.25) is 0 Å². The van der Waals surface area contributed by atoms with Gasteiger partial charge in [0.15, 0.2) is 0 Å². The number of nitrogens with one attached hydrogen (secondary N) is 1. The van der Waals surface area contributed by atoms with Gasteiger partial charge in [0.2, 0.25) is 5.91 Å². The van der Waals surface area contributed by atoms with Crippen molar-refractivity contribution in [1.82, 2.24) is 5.32 Å². The Bertz CT molecular complexity index is 181. The number of ether oxygens (including phenoxy) is 1. The SMILES string of the molecule is COC(C)CCC(=O)NC/C=C/CN. The van der Waals surface area contributed by atoms with E-state index in [0.717, 1.165) is 6.42 Å². The Balaban J connectivity index is 3.41. The third-order valence-corrected chi connectivity index (χ3v) is 1.90. The monoisotopic (exact) mass is 200 g/mol. The van der Waals surface area contributed by atoms with Crippen LogP contribution in [-0.2, 0) is 9.53 Å². The molecule has 0 saturated carbocycles. The normalized spacial score (nSPS) is 13.1. The summed E-state index contributed by atoms with van der Waals surface area (Å²) in [4.78, 5) is 11.2. The Kier molecular flexibility index (Phi) is 8.17. The third kappa shape index (κ3) is 7.76. The lowest BCUT2D eigenvalue weighted by Crippen LogP contribution is -2.24. The molecule has 1 unspecified atom stereocenters. The molecule has 0 aliphatic rings. The van der Waals surface area contributed by atoms with E-state index in [1.54, 1.807) is 7.11 Å². The molecule has 0 aliphatic heterocycles. The van der Waals surface area contributed by atoms with Crippen molar-refractivity contribution in [3.8, 4) is 0 Å². The van der Waals surface area contributed by atoms with Crippen molar-refractivity contribution >= 4 is 5.91 Å². The summed E-state index contributed by atoms with van der Waals surface area (Å²) in [5, 5.41) is 2.76. The van der Waals surface area contributed by atoms with Crippen LogP contribution in [0.3, 0.4) is 0 Å². The largest absolute Gasteiger partial charge is 0.382 e. The van der Waals surface area contributed by atoms with E-state index < -0.39 is 0 Å². The molecule has 1 amide bonds. The molecule has 0 aromatic rings. The molecule has 0 bridgehead atoms. The van der Waals surface area contributed by atoms with E-state index in [9.17, 15) is 4.79 Å². The first-order chi connectivity index (χ1) is 6.70. The maximum Gasteiger partial charge on any atom is 0.220 e. The highest BCUT2D eigenvalue weighted by Gasteiger charge is 2.03. The molecule has 0 fully saturated rings. The van der Waals surface area contributed by atoms with Gasteiger partial charge in [-0.1, -0.05) is 12.2 Å². The molecule has 0 saturated heterocycles. The lowest BCUT2D eigenvalue weighted by Gasteiger charge is -2.08. The molecule has 14 heavy (non-hydrogen) atoms. The Labute approximate surface area is 85.5 Å². The van der Waals surface area contributed by atoms with Crippen LogP contribution in [0.15, 0.2) is 12.2 Å². The number of hydrogen-bond acceptors (Lipinski definition) is 3. The standard InChI is InChI=1S/C10H20N2O2/c1-9(14-2)5-6-10(13)12-8-4-3-7-11/h3-4,9H,5-8,11H2,1-2H3,(H,12,13)/b4-3+. The second-order valence-corrected chi connectivity index (χ2v) is 3.10. The van der Waals surface area contributed by atoms with Gasteiger partial charge < -0.3 is 15.8 Å². The van der Waals surface area contributed by atoms with Gasteiger partial charge in [-0.15, -0.1) is 0 Å². The van der Waals surface area contributed by atoms with Crippen molar-refractivity contribution in [2.75, 3.05) is 20.2 Å². The van der Waals surface area contributed by atoms with Crippen molar-refractivity contribution in [3.63, 3.8) is 0 Å². The predicted molar refractivity (Wildman–Crippen MR) is 56.9 cm³/mol. The smallest absolute Gasteiger partial charge is 0.220 e. The molecule has 3 N–H and O–H groups in total. The topological polar surface area (TPSA) is 64.3 Å². The highest BCUT2D eigenvalue weighted by Crippen LogP contribution is 1.99. The maximum atomic E-state index is 11.2. The minimum absolute atomic E-state index is 0.0515. The van der Waals surface area contributed by atoms with Gasteiger partial charge in [0.05, 0.1) is 6.10 Å². The number of carbonyl (C=O) groups is 1. The van der Waals surface area contributed by atoms with Crippen molar-refractivity contribution in [1.29, 1.82) is 0 Å². The van der Waals surface area contributed by atoms with Gasteiger partial charge in [-0.25, -0.2) is 0 Å². The van der Waals surface area contributed by atoms with E-state index >= 15 is 0 Å². The van der Waals surface area contributed by atoms with Crippen LogP contribution >= 0.6 is 0 Å². The minimum atomic E-state index is 0.0515. The fourth-order valence-corrected chi connectivity index (χ4v) is 0.893. The summed E-state index contributed by atoms with van der Waals surface area (Å²) in [5.41, 5.74) is 5.25. The average Bonchev–Trinajstić information content (AvgIpc) is 2.21. The van der Waals surface area contributed by atoms with Gasteiger partial charge >= 0.3 is 0 Å². The number of nitrogens with two attached hydrogens (primary N) is 1. The Morgan fingerprint density at radius 1 is 1.57 bits per heavy atom. The summed E-state index contributed by atoms with van der Waals surface area (Å²) in [6.07, 6.45) is 5.06. The molecule has 1 atom stereocenters. The quantitative estimate of drug-likeness (QED) is 0.586. The molecule has 4 nitrogen and oxygen atoms in total. The van der Waals surface area contributed by atoms with Gasteiger partial charge in [0, 0.05) is 26.6 Å². The second kappa shape index (κ2) is 8.72. The van der Waals surface area contributed by atoms with Crippen LogP contribution in [-0.4, -0.2) is 32.2 Å². The number of rotatable bonds is 7. The van der Waals surface area contributed by atoms with E-state index in [1.165, 1.54) is 0 Å². The van der Waals surface area contributed by atoms with Crippen LogP contribution in [0, 0.1) is 0 Å². The molecule has 0 aromatic heterocycles. The predicted octanol–water partition coefficient (Wildman–Crippen LogP) is 0.433. The fourth-order valence-electron chi connectivity index (χ4n) is 0.893. The molecule has 0 heterocycles. The maximum absolute atomic E-state index is 11.2. The van der Waals surface area contributed by atoms with E-state index in [4.69, 9.17) is 10.5 Å². The summed E-state index contributed by atoms with van der Waals surface area (Å²) in [5.74, 6) is 0.0515. The summed E-state index contributed by atoms with van der Waals surface area (Å²) >= 11 is 0. The van der Waals surface area contributed by atoms with Gasteiger partial charge in [0.25, 0.3) is 0 Å². The van der Waals surface area contributed by atoms with Crippen LogP contribution in [0.4, 0.5) is 0 Å². The number of carbonyl (C=O) groups excluding carboxylic acids is 1. The Morgan fingerprint density at radius 3 is 2.86 bits per heavy atom. The van der Waals surface area contributed by atoms with E-state index in [2.05, 4.69) is 5.32 Å². The number of methoxy groups -OCH3 is 1. The zero-order valence-corrected chi connectivity index (χ0v) is 8.95. The van der Waals surface area contributed by atoms with E-state index in [-0.39, 0.29) is 12.0 Å². The lowest BCUT2D eigenvalue weighted by molar-refractivity contribution is -0.121. The molecule has 82 valence electrons. The molecule has 0 spiro atoms. The molecule has 0 aliphatic carbocycles. The van der Waals surface area contributed by atoms with E-state index in [0.29, 0.717) is 19.5 Å². The van der Waals surface area contributed by atoms with Crippen LogP contribution in [0.5, 0.6) is 0 Å². The first kappa shape index (κ1) is 13.1. The summed E-state index contributed by atoms with van der Waals surface area (Å²) in [6, 6.07) is 0. The molecular weight excluding hydrogens is 180 g/mol. The van der Waals surface area contributed by atoms with E-state index in [1.807, 2.05) is 19.1 Å². The minimum Gasteiger partial charge on any atom is -0.382 e. The summed E-state index contributed by atoms with van der Waals surface area (Å²) < 4.78 is 5.03. The van der Waals surface area contributed by atoms with Crippen LogP contribution in [0.1, 0.15) is 19.8 Å². The number of amides is 1. The average molecular weight is 200 g/mol. The zero-order valence-electron chi connectivity index (χ0n) is 8.95. The van der Waals surface area contributed by atoms with Gasteiger partial charge in [-0.05, 0) is 13.3 Å². The second-order valence-electron chi connectivity index (χ2n) is 3.10. The molecule has 0 rings (SSSR count). The first-order valence-electron chi connectivity index (χ1n) is 4.85. The van der Waals surface area contributed by atoms with Crippen LogP contribution < -0.4 is 11.1 Å². The van der Waals surface area contributed by atoms with Crippen LogP contribution in [0.25, 0.3) is 0 Å².